The Labute approximate surface area is 230 Å². The van der Waals surface area contributed by atoms with Crippen molar-refractivity contribution in [2.24, 2.45) is 0 Å². The molecule has 10 heteroatoms. The predicted octanol–water partition coefficient (Wildman–Crippen LogP) is -17.0. The van der Waals surface area contributed by atoms with Crippen molar-refractivity contribution in [1.29, 1.82) is 0 Å². The van der Waals surface area contributed by atoms with Gasteiger partial charge in [0.25, 0.3) is 0 Å². The largest absolute Gasteiger partial charge is 1.00 e. The van der Waals surface area contributed by atoms with Gasteiger partial charge in [0.2, 0.25) is 0 Å². The normalized spacial score (nSPS) is 6.00. The van der Waals surface area contributed by atoms with Crippen LogP contribution in [-0.4, -0.2) is 9.05 Å². The number of halogens is 1. The number of hydrogen-bond acceptors (Lipinski definition) is 4. The van der Waals surface area contributed by atoms with E-state index in [9.17, 15) is 0 Å². The van der Waals surface area contributed by atoms with Crippen LogP contribution in [0, 0.1) is 0 Å². The van der Waals surface area contributed by atoms with Crippen LogP contribution in [-0.2, 0) is 0 Å². The molecule has 0 heterocycles. The summed E-state index contributed by atoms with van der Waals surface area (Å²) in [6, 6.07) is 0. The molecule has 0 aliphatic rings. The zero-order chi connectivity index (χ0) is 4.50. The van der Waals surface area contributed by atoms with E-state index in [1.165, 1.54) is 0 Å². The van der Waals surface area contributed by atoms with Gasteiger partial charge in [-0.3, -0.25) is 4.70 Å². The van der Waals surface area contributed by atoms with Crippen LogP contribution < -0.4 is 225 Å². The second-order valence-electron chi connectivity index (χ2n) is 0.500. The van der Waals surface area contributed by atoms with E-state index in [1.54, 1.807) is 0 Å². The molecule has 0 N–H and O–H groups in total. The molecule has 0 aliphatic carbocycles. The first kappa shape index (κ1) is 36.0. The summed E-state index contributed by atoms with van der Waals surface area (Å²) in [4.78, 5) is 34.3. The summed E-state index contributed by atoms with van der Waals surface area (Å²) in [5.41, 5.74) is 0. The van der Waals surface area contributed by atoms with Crippen LogP contribution >= 0.6 is 0 Å². The Bertz CT molecular complexity index is 32.7. The van der Waals surface area contributed by atoms with Crippen LogP contribution in [0.2, 0.25) is 0 Å². The van der Waals surface area contributed by atoms with Crippen molar-refractivity contribution < 1.29 is 229 Å². The summed E-state index contributed by atoms with van der Waals surface area (Å²) in [6.45, 7) is 0. The molecule has 0 atom stereocenters. The minimum atomic E-state index is -5.61. The molecule has 0 unspecified atom stereocenters. The average molecular weight is 268 g/mol. The van der Waals surface area contributed by atoms with E-state index in [0.29, 0.717) is 0 Å². The molecule has 0 rings (SSSR count). The van der Waals surface area contributed by atoms with Crippen molar-refractivity contribution in [1.82, 2.24) is 0 Å². The van der Waals surface area contributed by atoms with Crippen LogP contribution in [0.4, 0.5) is 4.70 Å². The van der Waals surface area contributed by atoms with Crippen molar-refractivity contribution in [3.8, 4) is 0 Å². The topological polar surface area (TPSA) is 92.2 Å². The Morgan fingerprint density at radius 1 is 0.600 bits per heavy atom. The monoisotopic (exact) mass is 268 g/mol. The Kier molecular flexibility index (Phi) is 75.1. The van der Waals surface area contributed by atoms with Crippen LogP contribution in [0.5, 0.6) is 0 Å². The van der Waals surface area contributed by atoms with Crippen molar-refractivity contribution in [2.45, 2.75) is 0 Å². The quantitative estimate of drug-likeness (QED) is 0.408. The van der Waals surface area contributed by atoms with Crippen LogP contribution in [0.1, 0.15) is 0 Å². The second-order valence-corrected chi connectivity index (χ2v) is 1.50. The maximum Gasteiger partial charge on any atom is 1.00 e. The summed E-state index contributed by atoms with van der Waals surface area (Å²) >= 11 is 0. The first-order valence-corrected chi connectivity index (χ1v) is 2.45. The Hall–Kier alpha value is 6.53. The third-order valence-electron chi connectivity index (χ3n) is 0. The van der Waals surface area contributed by atoms with Gasteiger partial charge in [-0.1, -0.05) is 0 Å². The van der Waals surface area contributed by atoms with Crippen molar-refractivity contribution in [3.63, 3.8) is 0 Å². The van der Waals surface area contributed by atoms with Gasteiger partial charge in [0.05, 0.1) is 0 Å². The summed E-state index contributed by atoms with van der Waals surface area (Å²) in [5, 5.41) is 0. The molecule has 0 aromatic heterocycles. The van der Waals surface area contributed by atoms with E-state index in [0.717, 1.165) is 0 Å². The van der Waals surface area contributed by atoms with Gasteiger partial charge in [-0.15, -0.1) is 0 Å². The van der Waals surface area contributed by atoms with Gasteiger partial charge >= 0.3 is 206 Å². The van der Waals surface area contributed by atoms with Gasteiger partial charge in [0.1, 0.15) is 0 Å². The zero-order valence-corrected chi connectivity index (χ0v) is 20.0. The first-order valence-electron chi connectivity index (χ1n) is 0.816. The molecule has 0 aliphatic heterocycles. The van der Waals surface area contributed by atoms with E-state index >= 15 is 0 Å². The standard InChI is InChI=1S/FH.4K.O4Si/c;;;;;1-5(2,3)4/h1H;;;;;/q;4*+1;-4. The maximum atomic E-state index is 8.58. The fourth-order valence-corrected chi connectivity index (χ4v) is 0. The van der Waals surface area contributed by atoms with Gasteiger partial charge in [-0.2, -0.15) is 0 Å². The molecular formula is HFK4O4Si. The third-order valence-corrected chi connectivity index (χ3v) is 0. The van der Waals surface area contributed by atoms with E-state index in [2.05, 4.69) is 0 Å². The SMILES string of the molecule is F.[K+].[K+].[K+].[K+].[O-][Si]([O-])([O-])[O-]. The molecule has 0 radical (unpaired) electrons. The van der Waals surface area contributed by atoms with Gasteiger partial charge in [-0.05, 0) is 0 Å². The fraction of sp³-hybridized carbons (Fsp3) is 0. The van der Waals surface area contributed by atoms with Crippen molar-refractivity contribution in [2.75, 3.05) is 0 Å². The van der Waals surface area contributed by atoms with Gasteiger partial charge in [-0.25, -0.2) is 0 Å². The van der Waals surface area contributed by atoms with Gasteiger partial charge in [0.15, 0.2) is 0 Å². The summed E-state index contributed by atoms with van der Waals surface area (Å²) in [7, 11) is -5.61. The smallest absolute Gasteiger partial charge is 0.894 e. The zero-order valence-electron chi connectivity index (χ0n) is 6.54. The summed E-state index contributed by atoms with van der Waals surface area (Å²) < 4.78 is 0. The van der Waals surface area contributed by atoms with Crippen LogP contribution in [0.15, 0.2) is 0 Å². The molecular weight excluding hydrogens is 267 g/mol. The van der Waals surface area contributed by atoms with Gasteiger partial charge in [0, 0.05) is 0 Å². The first-order chi connectivity index (χ1) is 2.00. The van der Waals surface area contributed by atoms with Crippen molar-refractivity contribution >= 4 is 9.05 Å². The molecule has 4 nitrogen and oxygen atoms in total. The Morgan fingerprint density at radius 2 is 0.600 bits per heavy atom. The second kappa shape index (κ2) is 20.9. The molecule has 0 spiro atoms. The molecule has 40 valence electrons. The molecule has 0 saturated carbocycles. The third kappa shape index (κ3) is 62.4. The van der Waals surface area contributed by atoms with Crippen molar-refractivity contribution in [3.05, 3.63) is 0 Å². The van der Waals surface area contributed by atoms with E-state index in [-0.39, 0.29) is 210 Å². The summed E-state index contributed by atoms with van der Waals surface area (Å²) in [6.07, 6.45) is 0. The van der Waals surface area contributed by atoms with Crippen LogP contribution in [0.25, 0.3) is 0 Å². The van der Waals surface area contributed by atoms with E-state index < -0.39 is 9.05 Å². The molecule has 0 aromatic rings. The van der Waals surface area contributed by atoms with Crippen LogP contribution in [0.3, 0.4) is 0 Å². The molecule has 0 amide bonds. The van der Waals surface area contributed by atoms with Gasteiger partial charge < -0.3 is 28.2 Å². The number of hydrogen-bond donors (Lipinski definition) is 0. The number of rotatable bonds is 0. The van der Waals surface area contributed by atoms with E-state index in [1.807, 2.05) is 0 Å². The molecule has 10 heavy (non-hydrogen) atoms. The fourth-order valence-electron chi connectivity index (χ4n) is 0. The Morgan fingerprint density at radius 3 is 0.600 bits per heavy atom. The molecule has 0 bridgehead atoms. The van der Waals surface area contributed by atoms with E-state index in [4.69, 9.17) is 19.2 Å². The molecule has 0 saturated heterocycles. The maximum absolute atomic E-state index is 8.58. The summed E-state index contributed by atoms with van der Waals surface area (Å²) in [5.74, 6) is 0. The molecule has 0 fully saturated rings. The minimum Gasteiger partial charge on any atom is -0.894 e. The average Bonchev–Trinajstić information content (AvgIpc) is 0.722. The molecule has 0 aromatic carbocycles. The Balaban J connectivity index is -0.00000000800. The predicted molar refractivity (Wildman–Crippen MR) is 8.26 cm³/mol. The minimum absolute atomic E-state index is 0.